The van der Waals surface area contributed by atoms with E-state index < -0.39 is 5.54 Å². The van der Waals surface area contributed by atoms with Crippen molar-refractivity contribution in [2.75, 3.05) is 18.0 Å². The van der Waals surface area contributed by atoms with E-state index in [1.807, 2.05) is 37.5 Å². The van der Waals surface area contributed by atoms with Crippen molar-refractivity contribution in [3.8, 4) is 11.1 Å². The summed E-state index contributed by atoms with van der Waals surface area (Å²) in [7, 11) is 1.84. The third-order valence-corrected chi connectivity index (χ3v) is 7.12. The fourth-order valence-electron chi connectivity index (χ4n) is 5.16. The highest BCUT2D eigenvalue weighted by molar-refractivity contribution is 6.08. The molecule has 1 aromatic heterocycles. The van der Waals surface area contributed by atoms with Gasteiger partial charge < -0.3 is 4.90 Å². The molecule has 2 aromatic carbocycles. The van der Waals surface area contributed by atoms with Gasteiger partial charge in [-0.2, -0.15) is 5.10 Å². The Morgan fingerprint density at radius 1 is 1.16 bits per heavy atom. The summed E-state index contributed by atoms with van der Waals surface area (Å²) < 4.78 is 16.8. The van der Waals surface area contributed by atoms with Crippen LogP contribution < -0.4 is 4.90 Å². The van der Waals surface area contributed by atoms with Crippen LogP contribution in [0, 0.1) is 11.7 Å². The second kappa shape index (κ2) is 6.76. The Bertz CT molecular complexity index is 1180. The predicted molar refractivity (Wildman–Crippen MR) is 117 cm³/mol. The van der Waals surface area contributed by atoms with Gasteiger partial charge in [0, 0.05) is 48.7 Å². The number of carbonyl (C=O) groups excluding carboxylic acids is 1. The maximum atomic E-state index is 15.1. The zero-order valence-electron chi connectivity index (χ0n) is 17.6. The average molecular weight is 417 g/mol. The molecule has 3 aliphatic rings. The number of hydrogen-bond acceptors (Lipinski definition) is 3. The Hall–Kier alpha value is -2.99. The van der Waals surface area contributed by atoms with Gasteiger partial charge in [0.05, 0.1) is 12.7 Å². The third-order valence-electron chi connectivity index (χ3n) is 7.12. The van der Waals surface area contributed by atoms with Crippen LogP contribution in [-0.2, 0) is 23.9 Å². The second-order valence-corrected chi connectivity index (χ2v) is 9.12. The summed E-state index contributed by atoms with van der Waals surface area (Å²) in [6, 6.07) is 13.3. The first-order valence-corrected chi connectivity index (χ1v) is 11.0. The largest absolute Gasteiger partial charge is 0.306 e. The number of anilines is 1. The number of para-hydroxylation sites is 1. The SMILES string of the molecule is Cn1cc(-c2ccc(CN3C(=O)C4(CCN4CC4CC4)c4ccccc43)c(F)c2)cn1. The highest BCUT2D eigenvalue weighted by atomic mass is 19.1. The number of amides is 1. The molecule has 3 heterocycles. The van der Waals surface area contributed by atoms with Crippen molar-refractivity contribution in [1.82, 2.24) is 14.7 Å². The minimum Gasteiger partial charge on any atom is -0.306 e. The number of benzene rings is 2. The molecular weight excluding hydrogens is 391 g/mol. The van der Waals surface area contributed by atoms with Crippen molar-refractivity contribution in [2.45, 2.75) is 31.3 Å². The molecule has 1 amide bonds. The molecule has 1 saturated carbocycles. The van der Waals surface area contributed by atoms with Crippen LogP contribution in [0.15, 0.2) is 54.9 Å². The lowest BCUT2D eigenvalue weighted by Crippen LogP contribution is -2.62. The van der Waals surface area contributed by atoms with Gasteiger partial charge in [0.15, 0.2) is 0 Å². The van der Waals surface area contributed by atoms with Gasteiger partial charge >= 0.3 is 0 Å². The molecule has 2 aliphatic heterocycles. The lowest BCUT2D eigenvalue weighted by atomic mass is 9.79. The summed E-state index contributed by atoms with van der Waals surface area (Å²) in [5.41, 5.74) is 3.64. The van der Waals surface area contributed by atoms with Gasteiger partial charge in [-0.25, -0.2) is 4.39 Å². The third kappa shape index (κ3) is 2.85. The van der Waals surface area contributed by atoms with Gasteiger partial charge in [-0.3, -0.25) is 14.4 Å². The van der Waals surface area contributed by atoms with Crippen molar-refractivity contribution in [3.63, 3.8) is 0 Å². The molecule has 158 valence electrons. The van der Waals surface area contributed by atoms with Gasteiger partial charge in [-0.1, -0.05) is 30.3 Å². The van der Waals surface area contributed by atoms with Crippen molar-refractivity contribution >= 4 is 11.6 Å². The average Bonchev–Trinajstić information content (AvgIpc) is 3.42. The van der Waals surface area contributed by atoms with E-state index in [0.29, 0.717) is 5.56 Å². The summed E-state index contributed by atoms with van der Waals surface area (Å²) in [6.07, 6.45) is 6.96. The molecule has 2 fully saturated rings. The maximum absolute atomic E-state index is 15.1. The molecule has 1 atom stereocenters. The van der Waals surface area contributed by atoms with E-state index in [9.17, 15) is 4.79 Å². The van der Waals surface area contributed by atoms with Crippen molar-refractivity contribution in [2.24, 2.45) is 13.0 Å². The molecule has 1 unspecified atom stereocenters. The summed E-state index contributed by atoms with van der Waals surface area (Å²) in [5, 5.41) is 4.16. The van der Waals surface area contributed by atoms with Crippen LogP contribution in [0.4, 0.5) is 10.1 Å². The number of hydrogen-bond donors (Lipinski definition) is 0. The first-order chi connectivity index (χ1) is 15.1. The van der Waals surface area contributed by atoms with E-state index in [4.69, 9.17) is 0 Å². The van der Waals surface area contributed by atoms with Crippen LogP contribution in [0.3, 0.4) is 0 Å². The first kappa shape index (κ1) is 18.8. The molecule has 5 nitrogen and oxygen atoms in total. The number of rotatable bonds is 5. The number of likely N-dealkylation sites (tertiary alicyclic amines) is 1. The minimum atomic E-state index is -0.550. The monoisotopic (exact) mass is 416 g/mol. The fraction of sp³-hybridized carbons (Fsp3) is 0.360. The quantitative estimate of drug-likeness (QED) is 0.629. The molecule has 0 N–H and O–H groups in total. The second-order valence-electron chi connectivity index (χ2n) is 9.12. The smallest absolute Gasteiger partial charge is 0.252 e. The van der Waals surface area contributed by atoms with E-state index in [0.717, 1.165) is 47.8 Å². The van der Waals surface area contributed by atoms with Gasteiger partial charge in [-0.15, -0.1) is 0 Å². The molecule has 1 aliphatic carbocycles. The van der Waals surface area contributed by atoms with Crippen LogP contribution in [0.5, 0.6) is 0 Å². The van der Waals surface area contributed by atoms with Crippen LogP contribution in [-0.4, -0.2) is 33.7 Å². The Morgan fingerprint density at radius 3 is 2.68 bits per heavy atom. The Kier molecular flexibility index (Phi) is 4.09. The van der Waals surface area contributed by atoms with Gasteiger partial charge in [0.25, 0.3) is 5.91 Å². The summed E-state index contributed by atoms with van der Waals surface area (Å²) >= 11 is 0. The summed E-state index contributed by atoms with van der Waals surface area (Å²) in [4.78, 5) is 17.9. The summed E-state index contributed by atoms with van der Waals surface area (Å²) in [5.74, 6) is 0.524. The number of carbonyl (C=O) groups is 1. The van der Waals surface area contributed by atoms with Gasteiger partial charge in [0.2, 0.25) is 0 Å². The molecule has 31 heavy (non-hydrogen) atoms. The number of aromatic nitrogens is 2. The molecule has 0 radical (unpaired) electrons. The molecule has 6 heteroatoms. The highest BCUT2D eigenvalue weighted by Gasteiger charge is 2.59. The topological polar surface area (TPSA) is 41.4 Å². The van der Waals surface area contributed by atoms with Crippen molar-refractivity contribution < 1.29 is 9.18 Å². The van der Waals surface area contributed by atoms with E-state index in [1.54, 1.807) is 21.8 Å². The van der Waals surface area contributed by atoms with Crippen LogP contribution in [0.1, 0.15) is 30.4 Å². The van der Waals surface area contributed by atoms with Gasteiger partial charge in [0.1, 0.15) is 11.4 Å². The van der Waals surface area contributed by atoms with E-state index in [1.165, 1.54) is 18.9 Å². The number of halogens is 1. The maximum Gasteiger partial charge on any atom is 0.252 e. The standard InChI is InChI=1S/C25H25FN4O/c1-28-15-20(13-27-28)18-8-9-19(22(26)12-18)16-30-23-5-3-2-4-21(23)25(24(30)31)10-11-29(25)14-17-6-7-17/h2-5,8-9,12-13,15,17H,6-7,10-11,14,16H2,1H3. The van der Waals surface area contributed by atoms with Gasteiger partial charge in [-0.05, 0) is 42.9 Å². The molecule has 6 rings (SSSR count). The van der Waals surface area contributed by atoms with E-state index >= 15 is 4.39 Å². The van der Waals surface area contributed by atoms with Crippen LogP contribution in [0.2, 0.25) is 0 Å². The Balaban J connectivity index is 1.32. The normalized spacial score (nSPS) is 22.8. The van der Waals surface area contributed by atoms with E-state index in [2.05, 4.69) is 16.1 Å². The summed E-state index contributed by atoms with van der Waals surface area (Å²) in [6.45, 7) is 2.19. The fourth-order valence-corrected chi connectivity index (χ4v) is 5.16. The predicted octanol–water partition coefficient (Wildman–Crippen LogP) is 4.08. The lowest BCUT2D eigenvalue weighted by Gasteiger charge is -2.49. The number of nitrogens with zero attached hydrogens (tertiary/aromatic N) is 4. The van der Waals surface area contributed by atoms with Crippen molar-refractivity contribution in [3.05, 3.63) is 71.8 Å². The molecule has 1 spiro atoms. The molecule has 1 saturated heterocycles. The molecule has 3 aromatic rings. The number of aryl methyl sites for hydroxylation is 1. The Morgan fingerprint density at radius 2 is 2.00 bits per heavy atom. The van der Waals surface area contributed by atoms with Crippen LogP contribution in [0.25, 0.3) is 11.1 Å². The lowest BCUT2D eigenvalue weighted by molar-refractivity contribution is -0.140. The highest BCUT2D eigenvalue weighted by Crippen LogP contribution is 2.52. The van der Waals surface area contributed by atoms with Crippen molar-refractivity contribution in [1.29, 1.82) is 0 Å². The van der Waals surface area contributed by atoms with Crippen LogP contribution >= 0.6 is 0 Å². The zero-order valence-corrected chi connectivity index (χ0v) is 17.6. The number of fused-ring (bicyclic) bond motifs is 2. The Labute approximate surface area is 181 Å². The van der Waals surface area contributed by atoms with E-state index in [-0.39, 0.29) is 18.3 Å². The molecule has 0 bridgehead atoms. The first-order valence-electron chi connectivity index (χ1n) is 11.0. The molecular formula is C25H25FN4O. The zero-order chi connectivity index (χ0) is 21.2. The minimum absolute atomic E-state index is 0.0938.